The lowest BCUT2D eigenvalue weighted by atomic mass is 9.95. The number of fused-ring (bicyclic) bond motifs is 1. The normalized spacial score (nSPS) is 21.2. The summed E-state index contributed by atoms with van der Waals surface area (Å²) in [7, 11) is 0. The molecular weight excluding hydrogens is 396 g/mol. The van der Waals surface area contributed by atoms with Crippen molar-refractivity contribution in [3.63, 3.8) is 0 Å². The third kappa shape index (κ3) is 4.37. The molecule has 0 spiro atoms. The van der Waals surface area contributed by atoms with Gasteiger partial charge in [-0.3, -0.25) is 4.79 Å². The monoisotopic (exact) mass is 422 g/mol. The van der Waals surface area contributed by atoms with E-state index < -0.39 is 6.09 Å². The number of carbonyl (C=O) groups is 2. The lowest BCUT2D eigenvalue weighted by Crippen LogP contribution is -2.43. The number of rotatable bonds is 4. The van der Waals surface area contributed by atoms with E-state index >= 15 is 0 Å². The van der Waals surface area contributed by atoms with E-state index in [9.17, 15) is 9.59 Å². The van der Waals surface area contributed by atoms with Gasteiger partial charge in [-0.2, -0.15) is 0 Å². The number of carboxylic acid groups (broad SMARTS) is 1. The van der Waals surface area contributed by atoms with Crippen molar-refractivity contribution in [2.24, 2.45) is 5.92 Å². The standard InChI is InChI=1S/C24H26N2O5/c27-22(25-20-6-7-20)16-3-1-15(2-4-16)18-5-8-21-19(13-18)14-30-23(31-21)17-9-11-26(12-10-17)24(28)29/h1-5,8,13,17,20,23H,6-7,9-12,14H2,(H,25,27)(H,28,29). The number of amides is 2. The molecule has 2 N–H and O–H groups in total. The molecule has 7 heteroatoms. The molecule has 1 saturated heterocycles. The molecule has 0 aromatic heterocycles. The van der Waals surface area contributed by atoms with E-state index in [4.69, 9.17) is 14.6 Å². The average Bonchev–Trinajstić information content (AvgIpc) is 3.62. The number of piperidine rings is 1. The first kappa shape index (κ1) is 19.9. The highest BCUT2D eigenvalue weighted by Gasteiger charge is 2.33. The molecular formula is C24H26N2O5. The van der Waals surface area contributed by atoms with Gasteiger partial charge in [-0.15, -0.1) is 0 Å². The summed E-state index contributed by atoms with van der Waals surface area (Å²) in [5.41, 5.74) is 3.76. The molecule has 3 aliphatic rings. The molecule has 2 aromatic rings. The molecule has 5 rings (SSSR count). The Morgan fingerprint density at radius 1 is 0.968 bits per heavy atom. The minimum Gasteiger partial charge on any atom is -0.465 e. The van der Waals surface area contributed by atoms with Gasteiger partial charge < -0.3 is 24.8 Å². The summed E-state index contributed by atoms with van der Waals surface area (Å²) in [6, 6.07) is 14.1. The predicted molar refractivity (Wildman–Crippen MR) is 114 cm³/mol. The highest BCUT2D eigenvalue weighted by Crippen LogP contribution is 2.35. The number of benzene rings is 2. The summed E-state index contributed by atoms with van der Waals surface area (Å²) in [5, 5.41) is 12.1. The van der Waals surface area contributed by atoms with Crippen LogP contribution >= 0.6 is 0 Å². The van der Waals surface area contributed by atoms with E-state index in [1.165, 1.54) is 4.90 Å². The van der Waals surface area contributed by atoms with Gasteiger partial charge in [-0.05, 0) is 61.1 Å². The van der Waals surface area contributed by atoms with E-state index in [0.29, 0.717) is 31.3 Å². The Morgan fingerprint density at radius 2 is 1.68 bits per heavy atom. The molecule has 31 heavy (non-hydrogen) atoms. The number of nitrogens with zero attached hydrogens (tertiary/aromatic N) is 1. The number of hydrogen-bond acceptors (Lipinski definition) is 4. The third-order valence-corrected chi connectivity index (χ3v) is 6.29. The molecule has 1 saturated carbocycles. The van der Waals surface area contributed by atoms with Crippen molar-refractivity contribution < 1.29 is 24.2 Å². The first-order chi connectivity index (χ1) is 15.1. The van der Waals surface area contributed by atoms with Crippen molar-refractivity contribution in [1.29, 1.82) is 0 Å². The molecule has 1 atom stereocenters. The van der Waals surface area contributed by atoms with Crippen LogP contribution in [-0.2, 0) is 11.3 Å². The highest BCUT2D eigenvalue weighted by molar-refractivity contribution is 5.95. The zero-order valence-corrected chi connectivity index (χ0v) is 17.3. The van der Waals surface area contributed by atoms with Crippen LogP contribution in [0, 0.1) is 5.92 Å². The summed E-state index contributed by atoms with van der Waals surface area (Å²) in [5.74, 6) is 1.00. The van der Waals surface area contributed by atoms with Gasteiger partial charge in [0.2, 0.25) is 6.29 Å². The second-order valence-corrected chi connectivity index (χ2v) is 8.55. The summed E-state index contributed by atoms with van der Waals surface area (Å²) >= 11 is 0. The highest BCUT2D eigenvalue weighted by atomic mass is 16.7. The van der Waals surface area contributed by atoms with Crippen molar-refractivity contribution in [1.82, 2.24) is 10.2 Å². The number of likely N-dealkylation sites (tertiary alicyclic amines) is 1. The van der Waals surface area contributed by atoms with Crippen molar-refractivity contribution in [2.45, 2.75) is 44.6 Å². The first-order valence-corrected chi connectivity index (χ1v) is 10.9. The van der Waals surface area contributed by atoms with Crippen LogP contribution in [0.25, 0.3) is 11.1 Å². The van der Waals surface area contributed by atoms with Gasteiger partial charge in [0.05, 0.1) is 6.61 Å². The van der Waals surface area contributed by atoms with Crippen molar-refractivity contribution >= 4 is 12.0 Å². The molecule has 2 aromatic carbocycles. The number of nitrogens with one attached hydrogen (secondary N) is 1. The SMILES string of the molecule is O=C(NC1CC1)c1ccc(-c2ccc3c(c2)COC(C2CCN(C(=O)O)CC2)O3)cc1. The maximum absolute atomic E-state index is 12.2. The number of hydrogen-bond donors (Lipinski definition) is 2. The summed E-state index contributed by atoms with van der Waals surface area (Å²) in [4.78, 5) is 24.7. The summed E-state index contributed by atoms with van der Waals surface area (Å²) in [6.45, 7) is 1.50. The van der Waals surface area contributed by atoms with Crippen LogP contribution in [0.2, 0.25) is 0 Å². The molecule has 0 radical (unpaired) electrons. The second-order valence-electron chi connectivity index (χ2n) is 8.55. The Labute approximate surface area is 181 Å². The average molecular weight is 422 g/mol. The second kappa shape index (κ2) is 8.23. The first-order valence-electron chi connectivity index (χ1n) is 10.9. The number of carbonyl (C=O) groups excluding carboxylic acids is 1. The van der Waals surface area contributed by atoms with E-state index in [1.54, 1.807) is 0 Å². The Hall–Kier alpha value is -3.06. The smallest absolute Gasteiger partial charge is 0.407 e. The molecule has 1 aliphatic carbocycles. The van der Waals surface area contributed by atoms with E-state index in [0.717, 1.165) is 48.1 Å². The molecule has 2 fully saturated rings. The predicted octanol–water partition coefficient (Wildman–Crippen LogP) is 3.87. The largest absolute Gasteiger partial charge is 0.465 e. The van der Waals surface area contributed by atoms with Crippen LogP contribution in [-0.4, -0.2) is 47.4 Å². The molecule has 0 bridgehead atoms. The van der Waals surface area contributed by atoms with Gasteiger partial charge >= 0.3 is 6.09 Å². The van der Waals surface area contributed by atoms with E-state index in [2.05, 4.69) is 11.4 Å². The third-order valence-electron chi connectivity index (χ3n) is 6.29. The molecule has 7 nitrogen and oxygen atoms in total. The van der Waals surface area contributed by atoms with E-state index in [1.807, 2.05) is 36.4 Å². The Kier molecular flexibility index (Phi) is 5.28. The molecule has 2 amide bonds. The minimum atomic E-state index is -0.863. The van der Waals surface area contributed by atoms with Gasteiger partial charge in [0.25, 0.3) is 5.91 Å². The maximum atomic E-state index is 12.2. The molecule has 2 aliphatic heterocycles. The van der Waals surface area contributed by atoms with Gasteiger partial charge in [0.1, 0.15) is 5.75 Å². The zero-order valence-electron chi connectivity index (χ0n) is 17.3. The van der Waals surface area contributed by atoms with Crippen LogP contribution in [0.3, 0.4) is 0 Å². The molecule has 1 unspecified atom stereocenters. The van der Waals surface area contributed by atoms with Crippen LogP contribution in [0.4, 0.5) is 4.79 Å². The van der Waals surface area contributed by atoms with Gasteiger partial charge in [0.15, 0.2) is 0 Å². The summed E-state index contributed by atoms with van der Waals surface area (Å²) in [6.07, 6.45) is 2.43. The molecule has 162 valence electrons. The maximum Gasteiger partial charge on any atom is 0.407 e. The van der Waals surface area contributed by atoms with Crippen LogP contribution in [0.15, 0.2) is 42.5 Å². The Morgan fingerprint density at radius 3 is 2.35 bits per heavy atom. The lowest BCUT2D eigenvalue weighted by Gasteiger charge is -2.36. The fourth-order valence-corrected chi connectivity index (χ4v) is 4.22. The topological polar surface area (TPSA) is 88.1 Å². The summed E-state index contributed by atoms with van der Waals surface area (Å²) < 4.78 is 12.1. The Balaban J connectivity index is 1.23. The quantitative estimate of drug-likeness (QED) is 0.781. The fraction of sp³-hybridized carbons (Fsp3) is 0.417. The fourth-order valence-electron chi connectivity index (χ4n) is 4.22. The van der Waals surface area contributed by atoms with E-state index in [-0.39, 0.29) is 18.1 Å². The Bertz CT molecular complexity index is 978. The number of ether oxygens (including phenoxy) is 2. The zero-order chi connectivity index (χ0) is 21.4. The lowest BCUT2D eigenvalue weighted by molar-refractivity contribution is -0.148. The van der Waals surface area contributed by atoms with Gasteiger partial charge in [0, 0.05) is 36.2 Å². The van der Waals surface area contributed by atoms with Crippen LogP contribution in [0.1, 0.15) is 41.6 Å². The van der Waals surface area contributed by atoms with Gasteiger partial charge in [-0.1, -0.05) is 18.2 Å². The van der Waals surface area contributed by atoms with Crippen molar-refractivity contribution in [2.75, 3.05) is 13.1 Å². The minimum absolute atomic E-state index is 0.0125. The van der Waals surface area contributed by atoms with Crippen LogP contribution in [0.5, 0.6) is 5.75 Å². The van der Waals surface area contributed by atoms with Crippen molar-refractivity contribution in [3.8, 4) is 16.9 Å². The van der Waals surface area contributed by atoms with Crippen LogP contribution < -0.4 is 10.1 Å². The molecule has 2 heterocycles. The van der Waals surface area contributed by atoms with Crippen molar-refractivity contribution in [3.05, 3.63) is 53.6 Å². The van der Waals surface area contributed by atoms with Gasteiger partial charge in [-0.25, -0.2) is 4.79 Å².